The number of aliphatic hydroxyl groups is 1. The smallest absolute Gasteiger partial charge is 0.326 e. The maximum atomic E-state index is 11.6. The van der Waals surface area contributed by atoms with Crippen LogP contribution in [-0.4, -0.2) is 47.0 Å². The molecule has 18 heavy (non-hydrogen) atoms. The summed E-state index contributed by atoms with van der Waals surface area (Å²) >= 11 is 0. The molecule has 0 saturated carbocycles. The van der Waals surface area contributed by atoms with Gasteiger partial charge in [-0.2, -0.15) is 0 Å². The first-order valence-corrected chi connectivity index (χ1v) is 5.17. The van der Waals surface area contributed by atoms with Crippen LogP contribution in [0.1, 0.15) is 22.7 Å². The monoisotopic (exact) mass is 258 g/mol. The first kappa shape index (κ1) is 14.1. The van der Waals surface area contributed by atoms with Gasteiger partial charge in [0.15, 0.2) is 11.5 Å². The van der Waals surface area contributed by atoms with E-state index >= 15 is 0 Å². The van der Waals surface area contributed by atoms with Gasteiger partial charge >= 0.3 is 5.97 Å². The molecule has 0 bridgehead atoms. The fourth-order valence-corrected chi connectivity index (χ4v) is 1.25. The van der Waals surface area contributed by atoms with Crippen molar-refractivity contribution in [2.24, 2.45) is 0 Å². The molecule has 1 aromatic rings. The minimum absolute atomic E-state index is 0.0359. The highest BCUT2D eigenvalue weighted by Crippen LogP contribution is 2.05. The number of nitrogens with one attached hydrogen (secondary N) is 1. The summed E-state index contributed by atoms with van der Waals surface area (Å²) in [6.07, 6.45) is -0.0795. The molecule has 0 aliphatic heterocycles. The van der Waals surface area contributed by atoms with Crippen molar-refractivity contribution in [2.45, 2.75) is 19.1 Å². The average molecular weight is 258 g/mol. The van der Waals surface area contributed by atoms with Gasteiger partial charge in [0, 0.05) is 26.2 Å². The number of nitrogens with zero attached hydrogens (tertiary/aromatic N) is 1. The van der Waals surface area contributed by atoms with Crippen LogP contribution in [0.15, 0.2) is 10.6 Å². The lowest BCUT2D eigenvalue weighted by Crippen LogP contribution is -2.41. The topological polar surface area (TPSA) is 122 Å². The molecular formula is C10H14N2O6. The molecular weight excluding hydrogens is 244 g/mol. The zero-order valence-electron chi connectivity index (χ0n) is 9.75. The second-order valence-corrected chi connectivity index (χ2v) is 3.49. The third-order valence-corrected chi connectivity index (χ3v) is 2.10. The van der Waals surface area contributed by atoms with Crippen LogP contribution >= 0.6 is 0 Å². The Morgan fingerprint density at radius 3 is 2.89 bits per heavy atom. The van der Waals surface area contributed by atoms with Gasteiger partial charge in [0.2, 0.25) is 0 Å². The number of aliphatic hydroxyl groups excluding tert-OH is 1. The van der Waals surface area contributed by atoms with Gasteiger partial charge in [-0.1, -0.05) is 5.16 Å². The Morgan fingerprint density at radius 1 is 1.61 bits per heavy atom. The molecule has 1 heterocycles. The number of rotatable bonds is 7. The molecule has 0 aliphatic rings. The third-order valence-electron chi connectivity index (χ3n) is 2.10. The number of aliphatic carboxylic acids is 1. The first-order chi connectivity index (χ1) is 8.58. The van der Waals surface area contributed by atoms with E-state index in [1.165, 1.54) is 13.2 Å². The van der Waals surface area contributed by atoms with Gasteiger partial charge in [0.25, 0.3) is 5.91 Å². The van der Waals surface area contributed by atoms with Crippen LogP contribution in [-0.2, 0) is 16.1 Å². The summed E-state index contributed by atoms with van der Waals surface area (Å²) in [6, 6.07) is 0.196. The number of ether oxygens (including phenoxy) is 1. The lowest BCUT2D eigenvalue weighted by molar-refractivity contribution is -0.139. The van der Waals surface area contributed by atoms with Crippen LogP contribution in [0, 0.1) is 0 Å². The number of carboxylic acid groups (broad SMARTS) is 1. The summed E-state index contributed by atoms with van der Waals surface area (Å²) in [4.78, 5) is 22.4. The first-order valence-electron chi connectivity index (χ1n) is 5.17. The van der Waals surface area contributed by atoms with Crippen molar-refractivity contribution in [1.82, 2.24) is 10.5 Å². The Kier molecular flexibility index (Phi) is 5.28. The van der Waals surface area contributed by atoms with Gasteiger partial charge in [-0.15, -0.1) is 0 Å². The Hall–Kier alpha value is -1.93. The number of hydrogen-bond donors (Lipinski definition) is 3. The molecule has 0 aliphatic carbocycles. The molecule has 8 heteroatoms. The lowest BCUT2D eigenvalue weighted by Gasteiger charge is -2.11. The molecule has 3 N–H and O–H groups in total. The molecule has 0 unspecified atom stereocenters. The number of carbonyl (C=O) groups is 2. The van der Waals surface area contributed by atoms with E-state index in [0.29, 0.717) is 5.76 Å². The Morgan fingerprint density at radius 2 is 2.33 bits per heavy atom. The van der Waals surface area contributed by atoms with E-state index in [1.807, 2.05) is 0 Å². The molecule has 0 fully saturated rings. The minimum Gasteiger partial charge on any atom is -0.480 e. The molecule has 1 atom stereocenters. The van der Waals surface area contributed by atoms with E-state index in [2.05, 4.69) is 10.5 Å². The Labute approximate surface area is 103 Å². The highest BCUT2D eigenvalue weighted by atomic mass is 16.5. The maximum absolute atomic E-state index is 11.6. The standard InChI is InChI=1S/C10H14N2O6/c1-17-5-6-4-8(12-18-6)9(14)11-7(2-3-13)10(15)16/h4,7,13H,2-3,5H2,1H3,(H,11,14)(H,15,16)/t7-/m1/s1. The fraction of sp³-hybridized carbons (Fsp3) is 0.500. The normalized spacial score (nSPS) is 12.1. The third kappa shape index (κ3) is 3.82. The highest BCUT2D eigenvalue weighted by molar-refractivity contribution is 5.94. The van der Waals surface area contributed by atoms with Crippen molar-refractivity contribution in [3.05, 3.63) is 17.5 Å². The molecule has 1 amide bonds. The second-order valence-electron chi connectivity index (χ2n) is 3.49. The molecule has 0 aromatic carbocycles. The Balaban J connectivity index is 2.64. The molecule has 100 valence electrons. The maximum Gasteiger partial charge on any atom is 0.326 e. The number of hydrogen-bond acceptors (Lipinski definition) is 6. The zero-order chi connectivity index (χ0) is 13.5. The van der Waals surface area contributed by atoms with Crippen LogP contribution in [0.5, 0.6) is 0 Å². The van der Waals surface area contributed by atoms with Crippen LogP contribution < -0.4 is 5.32 Å². The summed E-state index contributed by atoms with van der Waals surface area (Å²) in [6.45, 7) is -0.176. The molecule has 1 rings (SSSR count). The van der Waals surface area contributed by atoms with Crippen molar-refractivity contribution in [2.75, 3.05) is 13.7 Å². The van der Waals surface area contributed by atoms with Crippen LogP contribution in [0.3, 0.4) is 0 Å². The van der Waals surface area contributed by atoms with E-state index in [-0.39, 0.29) is 25.3 Å². The van der Waals surface area contributed by atoms with E-state index in [1.54, 1.807) is 0 Å². The number of methoxy groups -OCH3 is 1. The van der Waals surface area contributed by atoms with E-state index in [9.17, 15) is 9.59 Å². The minimum atomic E-state index is -1.22. The summed E-state index contributed by atoms with van der Waals surface area (Å²) in [7, 11) is 1.46. The van der Waals surface area contributed by atoms with Crippen LogP contribution in [0.2, 0.25) is 0 Å². The van der Waals surface area contributed by atoms with E-state index < -0.39 is 17.9 Å². The van der Waals surface area contributed by atoms with Crippen molar-refractivity contribution >= 4 is 11.9 Å². The predicted octanol–water partition coefficient (Wildman–Crippen LogP) is -0.614. The van der Waals surface area contributed by atoms with Gasteiger partial charge in [-0.25, -0.2) is 4.79 Å². The van der Waals surface area contributed by atoms with Gasteiger partial charge in [-0.3, -0.25) is 4.79 Å². The summed E-state index contributed by atoms with van der Waals surface area (Å²) in [5.74, 6) is -1.54. The fourth-order valence-electron chi connectivity index (χ4n) is 1.25. The van der Waals surface area contributed by atoms with Crippen molar-refractivity contribution < 1.29 is 29.1 Å². The number of carbonyl (C=O) groups excluding carboxylic acids is 1. The average Bonchev–Trinajstić information content (AvgIpc) is 2.77. The molecule has 0 saturated heterocycles. The lowest BCUT2D eigenvalue weighted by atomic mass is 10.2. The number of carboxylic acids is 1. The van der Waals surface area contributed by atoms with Crippen molar-refractivity contribution in [3.8, 4) is 0 Å². The zero-order valence-corrected chi connectivity index (χ0v) is 9.75. The Bertz CT molecular complexity index is 416. The van der Waals surface area contributed by atoms with E-state index in [4.69, 9.17) is 19.5 Å². The number of aromatic nitrogens is 1. The van der Waals surface area contributed by atoms with Crippen molar-refractivity contribution in [1.29, 1.82) is 0 Å². The largest absolute Gasteiger partial charge is 0.480 e. The summed E-state index contributed by atoms with van der Waals surface area (Å²) in [5.41, 5.74) is -0.0359. The van der Waals surface area contributed by atoms with E-state index in [0.717, 1.165) is 0 Å². The SMILES string of the molecule is COCc1cc(C(=O)N[C@H](CCO)C(=O)O)no1. The van der Waals surface area contributed by atoms with Gasteiger partial charge in [0.1, 0.15) is 12.6 Å². The van der Waals surface area contributed by atoms with Gasteiger partial charge in [0.05, 0.1) is 0 Å². The van der Waals surface area contributed by atoms with Gasteiger partial charge < -0.3 is 24.8 Å². The van der Waals surface area contributed by atoms with Gasteiger partial charge in [-0.05, 0) is 0 Å². The van der Waals surface area contributed by atoms with Crippen molar-refractivity contribution in [3.63, 3.8) is 0 Å². The summed E-state index contributed by atoms with van der Waals surface area (Å²) < 4.78 is 9.58. The number of amides is 1. The predicted molar refractivity (Wildman–Crippen MR) is 57.8 cm³/mol. The quantitative estimate of drug-likeness (QED) is 0.596. The van der Waals surface area contributed by atoms with Crippen LogP contribution in [0.4, 0.5) is 0 Å². The molecule has 0 spiro atoms. The molecule has 1 aromatic heterocycles. The summed E-state index contributed by atoms with van der Waals surface area (Å²) in [5, 5.41) is 23.2. The molecule has 8 nitrogen and oxygen atoms in total. The van der Waals surface area contributed by atoms with Crippen LogP contribution in [0.25, 0.3) is 0 Å². The second kappa shape index (κ2) is 6.72. The molecule has 0 radical (unpaired) electrons. The highest BCUT2D eigenvalue weighted by Gasteiger charge is 2.22.